The maximum Gasteiger partial charge on any atom is 0.123 e. The molecule has 1 aromatic rings. The smallest absolute Gasteiger partial charge is 0.123 e. The summed E-state index contributed by atoms with van der Waals surface area (Å²) < 4.78 is 5.59. The van der Waals surface area contributed by atoms with Gasteiger partial charge in [-0.05, 0) is 31.1 Å². The molecule has 0 aromatic heterocycles. The van der Waals surface area contributed by atoms with Crippen molar-refractivity contribution in [2.75, 3.05) is 6.61 Å². The Labute approximate surface area is 91.2 Å². The molecule has 1 unspecified atom stereocenters. The highest BCUT2D eigenvalue weighted by Crippen LogP contribution is 2.19. The molecule has 2 heteroatoms. The third-order valence-corrected chi connectivity index (χ3v) is 1.96. The molecule has 2 nitrogen and oxygen atoms in total. The molecule has 0 fully saturated rings. The second-order valence-corrected chi connectivity index (χ2v) is 3.91. The molecule has 0 radical (unpaired) electrons. The number of benzene rings is 1. The summed E-state index contributed by atoms with van der Waals surface area (Å²) in [5, 5.41) is 9.33. The second-order valence-electron chi connectivity index (χ2n) is 3.91. The summed E-state index contributed by atoms with van der Waals surface area (Å²) in [5.74, 6) is 0.835. The normalized spacial score (nSPS) is 12.2. The predicted octanol–water partition coefficient (Wildman–Crippen LogP) is 2.56. The van der Waals surface area contributed by atoms with Crippen molar-refractivity contribution in [3.05, 3.63) is 42.0 Å². The van der Waals surface area contributed by atoms with E-state index < -0.39 is 0 Å². The summed E-state index contributed by atoms with van der Waals surface area (Å²) in [6.45, 7) is 8.01. The summed E-state index contributed by atoms with van der Waals surface area (Å²) in [5.41, 5.74) is 2.02. The minimum absolute atomic E-state index is 0.348. The molecule has 0 bridgehead atoms. The third-order valence-electron chi connectivity index (χ3n) is 1.96. The van der Waals surface area contributed by atoms with Crippen molar-refractivity contribution in [1.29, 1.82) is 0 Å². The van der Waals surface area contributed by atoms with E-state index in [-0.39, 0.29) is 6.10 Å². The number of aliphatic hydroxyl groups is 1. The van der Waals surface area contributed by atoms with E-state index in [0.717, 1.165) is 16.9 Å². The lowest BCUT2D eigenvalue weighted by Gasteiger charge is -2.12. The van der Waals surface area contributed by atoms with E-state index >= 15 is 0 Å². The number of aliphatic hydroxyl groups excluding tert-OH is 1. The predicted molar refractivity (Wildman–Crippen MR) is 62.1 cm³/mol. The summed E-state index contributed by atoms with van der Waals surface area (Å²) in [6.07, 6.45) is 0.270. The van der Waals surface area contributed by atoms with Crippen LogP contribution >= 0.6 is 0 Å². The molecule has 0 amide bonds. The SMILES string of the molecule is C=C(C)COc1ccccc1CC(C)O. The zero-order valence-electron chi connectivity index (χ0n) is 9.36. The van der Waals surface area contributed by atoms with Gasteiger partial charge in [-0.3, -0.25) is 0 Å². The highest BCUT2D eigenvalue weighted by molar-refractivity contribution is 5.34. The monoisotopic (exact) mass is 206 g/mol. The number of hydrogen-bond donors (Lipinski definition) is 1. The second kappa shape index (κ2) is 5.56. The van der Waals surface area contributed by atoms with Crippen LogP contribution < -0.4 is 4.74 Å². The average molecular weight is 206 g/mol. The van der Waals surface area contributed by atoms with Gasteiger partial charge in [0.05, 0.1) is 6.10 Å². The molecular formula is C13H18O2. The first kappa shape index (κ1) is 11.8. The summed E-state index contributed by atoms with van der Waals surface area (Å²) in [7, 11) is 0. The number of rotatable bonds is 5. The van der Waals surface area contributed by atoms with Crippen molar-refractivity contribution < 1.29 is 9.84 Å². The highest BCUT2D eigenvalue weighted by Gasteiger charge is 2.05. The molecular weight excluding hydrogens is 188 g/mol. The Balaban J connectivity index is 2.72. The summed E-state index contributed by atoms with van der Waals surface area (Å²) >= 11 is 0. The first-order valence-electron chi connectivity index (χ1n) is 5.12. The maximum absolute atomic E-state index is 9.33. The Kier molecular flexibility index (Phi) is 4.37. The zero-order chi connectivity index (χ0) is 11.3. The van der Waals surface area contributed by atoms with E-state index in [2.05, 4.69) is 6.58 Å². The molecule has 0 aliphatic heterocycles. The van der Waals surface area contributed by atoms with Crippen LogP contribution in [0, 0.1) is 0 Å². The molecule has 1 N–H and O–H groups in total. The Bertz CT molecular complexity index is 329. The molecule has 0 heterocycles. The van der Waals surface area contributed by atoms with Gasteiger partial charge in [0, 0.05) is 6.42 Å². The van der Waals surface area contributed by atoms with Gasteiger partial charge >= 0.3 is 0 Å². The standard InChI is InChI=1S/C13H18O2/c1-10(2)9-15-13-7-5-4-6-12(13)8-11(3)14/h4-7,11,14H,1,8-9H2,2-3H3. The summed E-state index contributed by atoms with van der Waals surface area (Å²) in [6, 6.07) is 7.77. The minimum atomic E-state index is -0.348. The van der Waals surface area contributed by atoms with Crippen LogP contribution in [0.4, 0.5) is 0 Å². The topological polar surface area (TPSA) is 29.5 Å². The van der Waals surface area contributed by atoms with Crippen molar-refractivity contribution in [2.24, 2.45) is 0 Å². The van der Waals surface area contributed by atoms with Gasteiger partial charge in [0.15, 0.2) is 0 Å². The van der Waals surface area contributed by atoms with Gasteiger partial charge in [-0.2, -0.15) is 0 Å². The van der Waals surface area contributed by atoms with Crippen LogP contribution in [0.5, 0.6) is 5.75 Å². The number of ether oxygens (including phenoxy) is 1. The van der Waals surface area contributed by atoms with E-state index in [4.69, 9.17) is 4.74 Å². The largest absolute Gasteiger partial charge is 0.489 e. The first-order valence-corrected chi connectivity index (χ1v) is 5.12. The van der Waals surface area contributed by atoms with Gasteiger partial charge in [0.1, 0.15) is 12.4 Å². The zero-order valence-corrected chi connectivity index (χ0v) is 9.36. The summed E-state index contributed by atoms with van der Waals surface area (Å²) in [4.78, 5) is 0. The van der Waals surface area contributed by atoms with Crippen molar-refractivity contribution in [2.45, 2.75) is 26.4 Å². The lowest BCUT2D eigenvalue weighted by atomic mass is 10.1. The molecule has 1 atom stereocenters. The molecule has 0 saturated heterocycles. The molecule has 82 valence electrons. The molecule has 15 heavy (non-hydrogen) atoms. The van der Waals surface area contributed by atoms with Crippen molar-refractivity contribution in [1.82, 2.24) is 0 Å². The van der Waals surface area contributed by atoms with Crippen LogP contribution in [0.3, 0.4) is 0 Å². The minimum Gasteiger partial charge on any atom is -0.489 e. The van der Waals surface area contributed by atoms with Gasteiger partial charge in [0.2, 0.25) is 0 Å². The van der Waals surface area contributed by atoms with Crippen molar-refractivity contribution in [3.63, 3.8) is 0 Å². The number of hydrogen-bond acceptors (Lipinski definition) is 2. The van der Waals surface area contributed by atoms with E-state index in [9.17, 15) is 5.11 Å². The quantitative estimate of drug-likeness (QED) is 0.750. The van der Waals surface area contributed by atoms with E-state index in [1.54, 1.807) is 6.92 Å². The van der Waals surface area contributed by atoms with Crippen molar-refractivity contribution in [3.8, 4) is 5.75 Å². The Morgan fingerprint density at radius 2 is 2.13 bits per heavy atom. The van der Waals surface area contributed by atoms with Crippen LogP contribution in [0.2, 0.25) is 0 Å². The van der Waals surface area contributed by atoms with Gasteiger partial charge in [-0.15, -0.1) is 0 Å². The Morgan fingerprint density at radius 3 is 2.73 bits per heavy atom. The fourth-order valence-electron chi connectivity index (χ4n) is 1.33. The van der Waals surface area contributed by atoms with Crippen LogP contribution in [-0.4, -0.2) is 17.8 Å². The number of para-hydroxylation sites is 1. The van der Waals surface area contributed by atoms with Gasteiger partial charge in [-0.25, -0.2) is 0 Å². The van der Waals surface area contributed by atoms with Gasteiger partial charge in [-0.1, -0.05) is 24.8 Å². The average Bonchev–Trinajstić information content (AvgIpc) is 2.15. The van der Waals surface area contributed by atoms with Gasteiger partial charge < -0.3 is 9.84 Å². The molecule has 1 aromatic carbocycles. The molecule has 0 aliphatic rings. The van der Waals surface area contributed by atoms with Crippen LogP contribution in [0.25, 0.3) is 0 Å². The van der Waals surface area contributed by atoms with E-state index in [1.165, 1.54) is 0 Å². The van der Waals surface area contributed by atoms with Crippen LogP contribution in [0.15, 0.2) is 36.4 Å². The van der Waals surface area contributed by atoms with Gasteiger partial charge in [0.25, 0.3) is 0 Å². The lowest BCUT2D eigenvalue weighted by Crippen LogP contribution is -2.07. The third kappa shape index (κ3) is 4.17. The molecule has 1 rings (SSSR count). The lowest BCUT2D eigenvalue weighted by molar-refractivity contribution is 0.193. The van der Waals surface area contributed by atoms with E-state index in [0.29, 0.717) is 13.0 Å². The van der Waals surface area contributed by atoms with E-state index in [1.807, 2.05) is 31.2 Å². The van der Waals surface area contributed by atoms with Crippen LogP contribution in [0.1, 0.15) is 19.4 Å². The van der Waals surface area contributed by atoms with Crippen LogP contribution in [-0.2, 0) is 6.42 Å². The molecule has 0 saturated carbocycles. The first-order chi connectivity index (χ1) is 7.09. The molecule has 0 aliphatic carbocycles. The molecule has 0 spiro atoms. The highest BCUT2D eigenvalue weighted by atomic mass is 16.5. The fourth-order valence-corrected chi connectivity index (χ4v) is 1.33. The fraction of sp³-hybridized carbons (Fsp3) is 0.385. The Hall–Kier alpha value is -1.28. The maximum atomic E-state index is 9.33. The Morgan fingerprint density at radius 1 is 1.47 bits per heavy atom. The van der Waals surface area contributed by atoms with Crippen molar-refractivity contribution >= 4 is 0 Å².